The second-order valence-electron chi connectivity index (χ2n) is 6.42. The Morgan fingerprint density at radius 2 is 2.10 bits per heavy atom. The molecule has 0 bridgehead atoms. The van der Waals surface area contributed by atoms with Gasteiger partial charge in [0.2, 0.25) is 0 Å². The molecular weight excluding hydrogens is 310 g/mol. The van der Waals surface area contributed by atoms with Crippen LogP contribution in [0.1, 0.15) is 57.9 Å². The first-order valence-corrected chi connectivity index (χ1v) is 8.94. The standard InChI is InChI=1S/C18H28BrN/c1-3-5-11-18(4-2,14-20-17-9-10-17)13-15-7-6-8-16(19)12-15/h6-8,12,17,20H,3-5,9-11,13-14H2,1-2H3. The van der Waals surface area contributed by atoms with E-state index in [1.54, 1.807) is 0 Å². The van der Waals surface area contributed by atoms with Crippen LogP contribution in [0, 0.1) is 5.41 Å². The van der Waals surface area contributed by atoms with Gasteiger partial charge in [-0.3, -0.25) is 0 Å². The van der Waals surface area contributed by atoms with Gasteiger partial charge in [-0.05, 0) is 55.2 Å². The predicted octanol–water partition coefficient (Wildman–Crippen LogP) is 5.33. The summed E-state index contributed by atoms with van der Waals surface area (Å²) in [4.78, 5) is 0. The lowest BCUT2D eigenvalue weighted by Crippen LogP contribution is -2.37. The molecule has 0 spiro atoms. The van der Waals surface area contributed by atoms with Crippen LogP contribution in [-0.4, -0.2) is 12.6 Å². The smallest absolute Gasteiger partial charge is 0.0177 e. The molecule has 1 unspecified atom stereocenters. The molecule has 20 heavy (non-hydrogen) atoms. The normalized spacial score (nSPS) is 17.9. The Morgan fingerprint density at radius 3 is 2.70 bits per heavy atom. The molecular formula is C18H28BrN. The van der Waals surface area contributed by atoms with Crippen LogP contribution < -0.4 is 5.32 Å². The lowest BCUT2D eigenvalue weighted by Gasteiger charge is -2.34. The van der Waals surface area contributed by atoms with Crippen molar-refractivity contribution in [2.24, 2.45) is 5.41 Å². The van der Waals surface area contributed by atoms with Crippen LogP contribution in [0.4, 0.5) is 0 Å². The predicted molar refractivity (Wildman–Crippen MR) is 91.1 cm³/mol. The zero-order valence-electron chi connectivity index (χ0n) is 12.9. The van der Waals surface area contributed by atoms with Crippen molar-refractivity contribution in [1.29, 1.82) is 0 Å². The minimum atomic E-state index is 0.430. The Kier molecular flexibility index (Phi) is 6.10. The number of hydrogen-bond donors (Lipinski definition) is 1. The second kappa shape index (κ2) is 7.61. The van der Waals surface area contributed by atoms with Crippen molar-refractivity contribution in [1.82, 2.24) is 5.32 Å². The van der Waals surface area contributed by atoms with Gasteiger partial charge in [0.15, 0.2) is 0 Å². The minimum absolute atomic E-state index is 0.430. The quantitative estimate of drug-likeness (QED) is 0.642. The molecule has 1 N–H and O–H groups in total. The molecule has 112 valence electrons. The van der Waals surface area contributed by atoms with E-state index in [0.29, 0.717) is 5.41 Å². The number of halogens is 1. The van der Waals surface area contributed by atoms with Crippen LogP contribution >= 0.6 is 15.9 Å². The van der Waals surface area contributed by atoms with Gasteiger partial charge in [0.1, 0.15) is 0 Å². The molecule has 0 aliphatic heterocycles. The number of benzene rings is 1. The van der Waals surface area contributed by atoms with Gasteiger partial charge < -0.3 is 5.32 Å². The summed E-state index contributed by atoms with van der Waals surface area (Å²) in [6.07, 6.45) is 9.20. The summed E-state index contributed by atoms with van der Waals surface area (Å²) < 4.78 is 1.20. The van der Waals surface area contributed by atoms with Crippen molar-refractivity contribution in [2.45, 2.75) is 64.8 Å². The third kappa shape index (κ3) is 4.89. The fourth-order valence-corrected chi connectivity index (χ4v) is 3.39. The maximum absolute atomic E-state index is 3.78. The third-order valence-electron chi connectivity index (χ3n) is 4.62. The molecule has 0 heterocycles. The van der Waals surface area contributed by atoms with E-state index in [1.165, 1.54) is 61.5 Å². The van der Waals surface area contributed by atoms with Crippen molar-refractivity contribution < 1.29 is 0 Å². The van der Waals surface area contributed by atoms with E-state index in [2.05, 4.69) is 59.4 Å². The molecule has 1 aromatic rings. The van der Waals surface area contributed by atoms with Crippen molar-refractivity contribution >= 4 is 15.9 Å². The minimum Gasteiger partial charge on any atom is -0.313 e. The molecule has 1 fully saturated rings. The van der Waals surface area contributed by atoms with Gasteiger partial charge in [-0.2, -0.15) is 0 Å². The Labute approximate surface area is 132 Å². The van der Waals surface area contributed by atoms with Gasteiger partial charge in [-0.25, -0.2) is 0 Å². The summed E-state index contributed by atoms with van der Waals surface area (Å²) in [7, 11) is 0. The topological polar surface area (TPSA) is 12.0 Å². The van der Waals surface area contributed by atoms with E-state index in [0.717, 1.165) is 6.04 Å². The molecule has 1 aliphatic carbocycles. The average Bonchev–Trinajstić information content (AvgIpc) is 3.26. The Morgan fingerprint density at radius 1 is 1.30 bits per heavy atom. The highest BCUT2D eigenvalue weighted by molar-refractivity contribution is 9.10. The fraction of sp³-hybridized carbons (Fsp3) is 0.667. The maximum atomic E-state index is 3.78. The average molecular weight is 338 g/mol. The van der Waals surface area contributed by atoms with Gasteiger partial charge in [0.05, 0.1) is 0 Å². The Hall–Kier alpha value is -0.340. The van der Waals surface area contributed by atoms with Gasteiger partial charge in [-0.15, -0.1) is 0 Å². The summed E-state index contributed by atoms with van der Waals surface area (Å²) in [5.41, 5.74) is 1.90. The van der Waals surface area contributed by atoms with E-state index >= 15 is 0 Å². The van der Waals surface area contributed by atoms with Crippen LogP contribution in [0.25, 0.3) is 0 Å². The zero-order chi connectivity index (χ0) is 14.4. The summed E-state index contributed by atoms with van der Waals surface area (Å²) >= 11 is 3.60. The molecule has 0 aromatic heterocycles. The molecule has 1 nitrogen and oxygen atoms in total. The monoisotopic (exact) mass is 337 g/mol. The van der Waals surface area contributed by atoms with E-state index in [1.807, 2.05) is 0 Å². The lowest BCUT2D eigenvalue weighted by atomic mass is 9.75. The van der Waals surface area contributed by atoms with E-state index < -0.39 is 0 Å². The number of nitrogens with one attached hydrogen (secondary N) is 1. The molecule has 1 atom stereocenters. The van der Waals surface area contributed by atoms with Gasteiger partial charge in [-0.1, -0.05) is 54.8 Å². The lowest BCUT2D eigenvalue weighted by molar-refractivity contribution is 0.228. The van der Waals surface area contributed by atoms with Crippen LogP contribution in [0.15, 0.2) is 28.7 Å². The molecule has 1 aromatic carbocycles. The molecule has 2 heteroatoms. The highest BCUT2D eigenvalue weighted by Crippen LogP contribution is 2.34. The first-order chi connectivity index (χ1) is 9.67. The Balaban J connectivity index is 2.05. The van der Waals surface area contributed by atoms with Crippen LogP contribution in [-0.2, 0) is 6.42 Å². The van der Waals surface area contributed by atoms with Crippen molar-refractivity contribution in [3.05, 3.63) is 34.3 Å². The van der Waals surface area contributed by atoms with Crippen LogP contribution in [0.3, 0.4) is 0 Å². The van der Waals surface area contributed by atoms with E-state index in [-0.39, 0.29) is 0 Å². The molecule has 2 rings (SSSR count). The molecule has 0 saturated heterocycles. The third-order valence-corrected chi connectivity index (χ3v) is 5.12. The number of unbranched alkanes of at least 4 members (excludes halogenated alkanes) is 1. The summed E-state index contributed by atoms with van der Waals surface area (Å²) in [5.74, 6) is 0. The fourth-order valence-electron chi connectivity index (χ4n) is 2.95. The second-order valence-corrected chi connectivity index (χ2v) is 7.33. The summed E-state index contributed by atoms with van der Waals surface area (Å²) in [6.45, 7) is 5.84. The van der Waals surface area contributed by atoms with E-state index in [9.17, 15) is 0 Å². The SMILES string of the molecule is CCCCC(CC)(CNC1CC1)Cc1cccc(Br)c1. The highest BCUT2D eigenvalue weighted by atomic mass is 79.9. The first-order valence-electron chi connectivity index (χ1n) is 8.15. The van der Waals surface area contributed by atoms with Crippen molar-refractivity contribution in [3.63, 3.8) is 0 Å². The van der Waals surface area contributed by atoms with Crippen LogP contribution in [0.2, 0.25) is 0 Å². The highest BCUT2D eigenvalue weighted by Gasteiger charge is 2.31. The van der Waals surface area contributed by atoms with Gasteiger partial charge in [0.25, 0.3) is 0 Å². The molecule has 0 radical (unpaired) electrons. The van der Waals surface area contributed by atoms with Gasteiger partial charge >= 0.3 is 0 Å². The largest absolute Gasteiger partial charge is 0.313 e. The maximum Gasteiger partial charge on any atom is 0.0177 e. The van der Waals surface area contributed by atoms with Crippen molar-refractivity contribution in [2.75, 3.05) is 6.54 Å². The summed E-state index contributed by atoms with van der Waals surface area (Å²) in [6, 6.07) is 9.65. The first kappa shape index (κ1) is 16.0. The zero-order valence-corrected chi connectivity index (χ0v) is 14.5. The number of hydrogen-bond acceptors (Lipinski definition) is 1. The van der Waals surface area contributed by atoms with E-state index in [4.69, 9.17) is 0 Å². The van der Waals surface area contributed by atoms with Crippen LogP contribution in [0.5, 0.6) is 0 Å². The number of rotatable bonds is 9. The Bertz CT molecular complexity index is 414. The molecule has 1 saturated carbocycles. The van der Waals surface area contributed by atoms with Gasteiger partial charge in [0, 0.05) is 17.1 Å². The molecule has 0 amide bonds. The molecule has 1 aliphatic rings. The summed E-state index contributed by atoms with van der Waals surface area (Å²) in [5, 5.41) is 3.78. The van der Waals surface area contributed by atoms with Crippen molar-refractivity contribution in [3.8, 4) is 0 Å².